The number of rotatable bonds is 2. The summed E-state index contributed by atoms with van der Waals surface area (Å²) < 4.78 is 1.63. The van der Waals surface area contributed by atoms with Crippen molar-refractivity contribution in [2.24, 2.45) is 0 Å². The van der Waals surface area contributed by atoms with Crippen LogP contribution in [0.2, 0.25) is 0 Å². The molecule has 0 atom stereocenters. The number of nitrogens with zero attached hydrogens (tertiary/aromatic N) is 4. The molecule has 0 saturated carbocycles. The Labute approximate surface area is 94.1 Å². The second kappa shape index (κ2) is 5.41. The topological polar surface area (TPSA) is 89.8 Å². The van der Waals surface area contributed by atoms with Crippen LogP contribution >= 0.6 is 0 Å². The van der Waals surface area contributed by atoms with Crippen LogP contribution in [0.1, 0.15) is 19.5 Å². The molecular weight excluding hydrogens is 206 g/mol. The second-order valence-corrected chi connectivity index (χ2v) is 2.99. The molecule has 0 amide bonds. The number of nitrogen functional groups attached to an aromatic ring is 1. The van der Waals surface area contributed by atoms with E-state index in [9.17, 15) is 0 Å². The zero-order valence-electron chi connectivity index (χ0n) is 9.80. The summed E-state index contributed by atoms with van der Waals surface area (Å²) in [6.07, 6.45) is 1.40. The van der Waals surface area contributed by atoms with E-state index in [0.717, 1.165) is 11.1 Å². The number of hydrogen-bond donors (Lipinski definition) is 2. The quantitative estimate of drug-likeness (QED) is 0.783. The first-order valence-corrected chi connectivity index (χ1v) is 5.28. The molecule has 0 aliphatic heterocycles. The Bertz CT molecular complexity index is 465. The third kappa shape index (κ3) is 2.11. The van der Waals surface area contributed by atoms with Crippen LogP contribution in [0.4, 0.5) is 5.82 Å². The van der Waals surface area contributed by atoms with Crippen molar-refractivity contribution in [1.82, 2.24) is 19.7 Å². The molecule has 2 heterocycles. The molecule has 0 radical (unpaired) electrons. The fourth-order valence-electron chi connectivity index (χ4n) is 1.46. The van der Waals surface area contributed by atoms with Gasteiger partial charge in [0.25, 0.3) is 0 Å². The monoisotopic (exact) mass is 223 g/mol. The molecule has 3 N–H and O–H groups in total. The van der Waals surface area contributed by atoms with Crippen LogP contribution in [0.3, 0.4) is 0 Å². The van der Waals surface area contributed by atoms with Gasteiger partial charge in [-0.15, -0.1) is 0 Å². The van der Waals surface area contributed by atoms with Crippen molar-refractivity contribution in [2.45, 2.75) is 27.3 Å². The molecule has 0 aliphatic carbocycles. The molecular formula is C10H17N5O. The molecule has 88 valence electrons. The third-order valence-corrected chi connectivity index (χ3v) is 2.05. The van der Waals surface area contributed by atoms with E-state index in [-0.39, 0.29) is 6.61 Å². The van der Waals surface area contributed by atoms with Crippen LogP contribution in [0.15, 0.2) is 6.33 Å². The lowest BCUT2D eigenvalue weighted by Crippen LogP contribution is -2.05. The van der Waals surface area contributed by atoms with E-state index in [0.29, 0.717) is 18.0 Å². The minimum absolute atomic E-state index is 0.0279. The zero-order valence-corrected chi connectivity index (χ0v) is 9.80. The van der Waals surface area contributed by atoms with Gasteiger partial charge in [0, 0.05) is 0 Å². The van der Waals surface area contributed by atoms with E-state index in [4.69, 9.17) is 10.8 Å². The SMILES string of the molecule is CC.Cc1nn(CCO)c2ncnc(N)c12. The molecule has 0 unspecified atom stereocenters. The fraction of sp³-hybridized carbons (Fsp3) is 0.500. The van der Waals surface area contributed by atoms with Crippen LogP contribution < -0.4 is 5.73 Å². The summed E-state index contributed by atoms with van der Waals surface area (Å²) in [7, 11) is 0. The number of aliphatic hydroxyl groups excluding tert-OH is 1. The summed E-state index contributed by atoms with van der Waals surface area (Å²) in [4.78, 5) is 7.97. The minimum Gasteiger partial charge on any atom is -0.394 e. The number of fused-ring (bicyclic) bond motifs is 1. The van der Waals surface area contributed by atoms with Gasteiger partial charge in [0.15, 0.2) is 5.65 Å². The highest BCUT2D eigenvalue weighted by Gasteiger charge is 2.10. The molecule has 2 rings (SSSR count). The first kappa shape index (κ1) is 12.4. The Kier molecular flexibility index (Phi) is 4.19. The Hall–Kier alpha value is -1.69. The predicted octanol–water partition coefficient (Wildman–Crippen LogP) is 0.735. The zero-order chi connectivity index (χ0) is 12.1. The van der Waals surface area contributed by atoms with Crippen molar-refractivity contribution in [3.05, 3.63) is 12.0 Å². The molecule has 0 saturated heterocycles. The van der Waals surface area contributed by atoms with Crippen LogP contribution in [0.25, 0.3) is 11.0 Å². The van der Waals surface area contributed by atoms with Gasteiger partial charge in [-0.25, -0.2) is 14.6 Å². The van der Waals surface area contributed by atoms with Gasteiger partial charge in [0.2, 0.25) is 0 Å². The summed E-state index contributed by atoms with van der Waals surface area (Å²) in [5.74, 6) is 0.427. The summed E-state index contributed by atoms with van der Waals surface area (Å²) >= 11 is 0. The minimum atomic E-state index is 0.0279. The molecule has 0 aromatic carbocycles. The van der Waals surface area contributed by atoms with E-state index >= 15 is 0 Å². The number of anilines is 1. The van der Waals surface area contributed by atoms with Crippen LogP contribution in [0.5, 0.6) is 0 Å². The molecule has 2 aromatic rings. The van der Waals surface area contributed by atoms with Crippen LogP contribution in [0, 0.1) is 6.92 Å². The van der Waals surface area contributed by atoms with Crippen molar-refractivity contribution in [2.75, 3.05) is 12.3 Å². The molecule has 0 spiro atoms. The number of aromatic nitrogens is 4. The molecule has 0 fully saturated rings. The lowest BCUT2D eigenvalue weighted by Gasteiger charge is -1.98. The average Bonchev–Trinajstić information content (AvgIpc) is 2.61. The highest BCUT2D eigenvalue weighted by molar-refractivity contribution is 5.87. The van der Waals surface area contributed by atoms with E-state index in [1.54, 1.807) is 4.68 Å². The maximum absolute atomic E-state index is 8.82. The van der Waals surface area contributed by atoms with Crippen LogP contribution in [-0.2, 0) is 6.54 Å². The summed E-state index contributed by atoms with van der Waals surface area (Å²) in [6.45, 7) is 6.29. The van der Waals surface area contributed by atoms with Gasteiger partial charge in [-0.2, -0.15) is 5.10 Å². The smallest absolute Gasteiger partial charge is 0.163 e. The van der Waals surface area contributed by atoms with Gasteiger partial charge in [0.1, 0.15) is 12.1 Å². The Morgan fingerprint density at radius 1 is 1.38 bits per heavy atom. The van der Waals surface area contributed by atoms with E-state index in [2.05, 4.69) is 15.1 Å². The molecule has 0 bridgehead atoms. The Morgan fingerprint density at radius 2 is 2.06 bits per heavy atom. The summed E-state index contributed by atoms with van der Waals surface area (Å²) in [5, 5.41) is 13.8. The van der Waals surface area contributed by atoms with E-state index in [1.165, 1.54) is 6.33 Å². The molecule has 0 aliphatic rings. The van der Waals surface area contributed by atoms with Crippen molar-refractivity contribution in [3.8, 4) is 0 Å². The Morgan fingerprint density at radius 3 is 2.69 bits per heavy atom. The van der Waals surface area contributed by atoms with Crippen molar-refractivity contribution in [1.29, 1.82) is 0 Å². The predicted molar refractivity (Wildman–Crippen MR) is 62.9 cm³/mol. The molecule has 16 heavy (non-hydrogen) atoms. The second-order valence-electron chi connectivity index (χ2n) is 2.99. The van der Waals surface area contributed by atoms with E-state index in [1.807, 2.05) is 20.8 Å². The van der Waals surface area contributed by atoms with Gasteiger partial charge < -0.3 is 10.8 Å². The van der Waals surface area contributed by atoms with Crippen molar-refractivity contribution < 1.29 is 5.11 Å². The first-order chi connectivity index (χ1) is 7.74. The molecule has 2 aromatic heterocycles. The standard InChI is InChI=1S/C8H11N5O.C2H6/c1-5-6-7(9)10-4-11-8(6)13(12-5)2-3-14;1-2/h4,14H,2-3H2,1H3,(H2,9,10,11);1-2H3. The number of hydrogen-bond acceptors (Lipinski definition) is 5. The number of aryl methyl sites for hydroxylation is 1. The highest BCUT2D eigenvalue weighted by Crippen LogP contribution is 2.19. The average molecular weight is 223 g/mol. The van der Waals surface area contributed by atoms with Crippen molar-refractivity contribution in [3.63, 3.8) is 0 Å². The van der Waals surface area contributed by atoms with Gasteiger partial charge in [-0.1, -0.05) is 13.8 Å². The normalized spacial score (nSPS) is 10.0. The maximum Gasteiger partial charge on any atom is 0.163 e. The largest absolute Gasteiger partial charge is 0.394 e. The lowest BCUT2D eigenvalue weighted by atomic mass is 10.3. The lowest BCUT2D eigenvalue weighted by molar-refractivity contribution is 0.271. The molecule has 6 nitrogen and oxygen atoms in total. The summed E-state index contributed by atoms with van der Waals surface area (Å²) in [5.41, 5.74) is 7.15. The first-order valence-electron chi connectivity index (χ1n) is 5.28. The van der Waals surface area contributed by atoms with Gasteiger partial charge in [-0.3, -0.25) is 0 Å². The van der Waals surface area contributed by atoms with Crippen molar-refractivity contribution >= 4 is 16.9 Å². The molecule has 6 heteroatoms. The van der Waals surface area contributed by atoms with E-state index < -0.39 is 0 Å². The number of nitrogens with two attached hydrogens (primary N) is 1. The summed E-state index contributed by atoms with van der Waals surface area (Å²) in [6, 6.07) is 0. The third-order valence-electron chi connectivity index (χ3n) is 2.05. The van der Waals surface area contributed by atoms with Gasteiger partial charge in [-0.05, 0) is 6.92 Å². The Balaban J connectivity index is 0.000000606. The van der Waals surface area contributed by atoms with Gasteiger partial charge in [0.05, 0.1) is 24.2 Å². The number of aliphatic hydroxyl groups is 1. The fourth-order valence-corrected chi connectivity index (χ4v) is 1.46. The highest BCUT2D eigenvalue weighted by atomic mass is 16.3. The van der Waals surface area contributed by atoms with Gasteiger partial charge >= 0.3 is 0 Å². The maximum atomic E-state index is 8.82. The van der Waals surface area contributed by atoms with Crippen LogP contribution in [-0.4, -0.2) is 31.5 Å².